The average molecular weight is 314 g/mol. The van der Waals surface area contributed by atoms with Crippen LogP contribution < -0.4 is 5.32 Å². The van der Waals surface area contributed by atoms with Crippen molar-refractivity contribution in [1.82, 2.24) is 5.32 Å². The van der Waals surface area contributed by atoms with Gasteiger partial charge in [-0.2, -0.15) is 0 Å². The molecule has 0 aliphatic rings. The Morgan fingerprint density at radius 2 is 2.20 bits per heavy atom. The molecule has 0 atom stereocenters. The molecular formula is C13H12ClNO4S. The van der Waals surface area contributed by atoms with Crippen LogP contribution in [-0.4, -0.2) is 19.0 Å². The van der Waals surface area contributed by atoms with Gasteiger partial charge in [-0.15, -0.1) is 11.3 Å². The predicted octanol–water partition coefficient (Wildman–Crippen LogP) is 3.02. The number of rotatable bonds is 4. The lowest BCUT2D eigenvalue weighted by Gasteiger charge is -2.00. The molecule has 2 rings (SSSR count). The summed E-state index contributed by atoms with van der Waals surface area (Å²) in [6, 6.07) is 4.87. The molecule has 0 spiro atoms. The molecule has 1 amide bonds. The Labute approximate surface area is 124 Å². The summed E-state index contributed by atoms with van der Waals surface area (Å²) in [7, 11) is 1.30. The molecule has 20 heavy (non-hydrogen) atoms. The fourth-order valence-corrected chi connectivity index (χ4v) is 2.59. The summed E-state index contributed by atoms with van der Waals surface area (Å²) in [5, 5.41) is 2.69. The number of hydrogen-bond acceptors (Lipinski definition) is 5. The van der Waals surface area contributed by atoms with E-state index in [9.17, 15) is 9.59 Å². The summed E-state index contributed by atoms with van der Waals surface area (Å²) in [5.41, 5.74) is 0.357. The predicted molar refractivity (Wildman–Crippen MR) is 75.3 cm³/mol. The molecule has 0 fully saturated rings. The number of nitrogens with one attached hydrogen (secondary N) is 1. The van der Waals surface area contributed by atoms with Crippen LogP contribution in [0.4, 0.5) is 0 Å². The van der Waals surface area contributed by atoms with Crippen molar-refractivity contribution >= 4 is 34.8 Å². The molecule has 106 valence electrons. The van der Waals surface area contributed by atoms with E-state index in [-0.39, 0.29) is 12.5 Å². The lowest BCUT2D eigenvalue weighted by atomic mass is 10.2. The number of methoxy groups -OCH3 is 1. The van der Waals surface area contributed by atoms with Gasteiger partial charge in [0.25, 0.3) is 5.91 Å². The zero-order chi connectivity index (χ0) is 14.7. The quantitative estimate of drug-likeness (QED) is 0.881. The van der Waals surface area contributed by atoms with E-state index in [0.717, 1.165) is 0 Å². The summed E-state index contributed by atoms with van der Waals surface area (Å²) in [5.74, 6) is 0.239. The summed E-state index contributed by atoms with van der Waals surface area (Å²) in [4.78, 5) is 23.8. The van der Waals surface area contributed by atoms with Crippen molar-refractivity contribution in [1.29, 1.82) is 0 Å². The molecule has 0 aliphatic carbocycles. The highest BCUT2D eigenvalue weighted by atomic mass is 35.5. The summed E-state index contributed by atoms with van der Waals surface area (Å²) >= 11 is 6.96. The fraction of sp³-hybridized carbons (Fsp3) is 0.231. The largest absolute Gasteiger partial charge is 0.465 e. The molecule has 7 heteroatoms. The van der Waals surface area contributed by atoms with Crippen LogP contribution in [0.2, 0.25) is 4.34 Å². The smallest absolute Gasteiger partial charge is 0.341 e. The van der Waals surface area contributed by atoms with Gasteiger partial charge in [-0.3, -0.25) is 4.79 Å². The molecule has 2 aromatic heterocycles. The van der Waals surface area contributed by atoms with Crippen molar-refractivity contribution < 1.29 is 18.7 Å². The Kier molecular flexibility index (Phi) is 4.46. The van der Waals surface area contributed by atoms with Gasteiger partial charge in [-0.05, 0) is 25.1 Å². The van der Waals surface area contributed by atoms with Crippen LogP contribution >= 0.6 is 22.9 Å². The number of hydrogen-bond donors (Lipinski definition) is 1. The van der Waals surface area contributed by atoms with Crippen molar-refractivity contribution in [2.75, 3.05) is 7.11 Å². The van der Waals surface area contributed by atoms with Gasteiger partial charge in [0.05, 0.1) is 22.9 Å². The Balaban J connectivity index is 2.01. The van der Waals surface area contributed by atoms with Gasteiger partial charge in [0.1, 0.15) is 17.1 Å². The van der Waals surface area contributed by atoms with Crippen molar-refractivity contribution in [3.63, 3.8) is 0 Å². The third-order valence-corrected chi connectivity index (χ3v) is 3.82. The molecule has 0 unspecified atom stereocenters. The standard InChI is InChI=1S/C13H12ClNO4S/c1-7-9(13(17)18-2)5-8(19-7)6-15-12(16)10-3-4-11(14)20-10/h3-5H,6H2,1-2H3,(H,15,16). The van der Waals surface area contributed by atoms with E-state index in [0.29, 0.717) is 26.3 Å². The van der Waals surface area contributed by atoms with Crippen LogP contribution in [0, 0.1) is 6.92 Å². The Morgan fingerprint density at radius 1 is 1.45 bits per heavy atom. The monoisotopic (exact) mass is 313 g/mol. The number of esters is 1. The second kappa shape index (κ2) is 6.11. The Hall–Kier alpha value is -1.79. The average Bonchev–Trinajstić information content (AvgIpc) is 3.01. The molecule has 2 heterocycles. The molecule has 0 saturated carbocycles. The number of halogens is 1. The first-order valence-corrected chi connectivity index (χ1v) is 6.92. The number of aryl methyl sites for hydroxylation is 1. The van der Waals surface area contributed by atoms with E-state index in [1.54, 1.807) is 25.1 Å². The van der Waals surface area contributed by atoms with E-state index in [2.05, 4.69) is 10.1 Å². The minimum Gasteiger partial charge on any atom is -0.465 e. The van der Waals surface area contributed by atoms with Crippen molar-refractivity contribution in [3.8, 4) is 0 Å². The van der Waals surface area contributed by atoms with Crippen molar-refractivity contribution in [2.24, 2.45) is 0 Å². The molecular weight excluding hydrogens is 302 g/mol. The second-order valence-electron chi connectivity index (χ2n) is 3.96. The van der Waals surface area contributed by atoms with Crippen molar-refractivity contribution in [3.05, 3.63) is 44.5 Å². The summed E-state index contributed by atoms with van der Waals surface area (Å²) in [6.45, 7) is 1.85. The zero-order valence-corrected chi connectivity index (χ0v) is 12.4. The van der Waals surface area contributed by atoms with E-state index >= 15 is 0 Å². The number of carbonyl (C=O) groups is 2. The molecule has 1 N–H and O–H groups in total. The zero-order valence-electron chi connectivity index (χ0n) is 10.9. The lowest BCUT2D eigenvalue weighted by Crippen LogP contribution is -2.21. The number of ether oxygens (including phenoxy) is 1. The van der Waals surface area contributed by atoms with E-state index in [1.165, 1.54) is 18.4 Å². The van der Waals surface area contributed by atoms with E-state index in [4.69, 9.17) is 16.0 Å². The molecule has 0 radical (unpaired) electrons. The minimum atomic E-state index is -0.464. The number of amides is 1. The van der Waals surface area contributed by atoms with Crippen LogP contribution in [0.5, 0.6) is 0 Å². The minimum absolute atomic E-state index is 0.187. The van der Waals surface area contributed by atoms with Gasteiger partial charge in [0.2, 0.25) is 0 Å². The fourth-order valence-electron chi connectivity index (χ4n) is 1.63. The van der Waals surface area contributed by atoms with E-state index < -0.39 is 5.97 Å². The molecule has 0 aliphatic heterocycles. The molecule has 2 aromatic rings. The molecule has 0 saturated heterocycles. The van der Waals surface area contributed by atoms with Gasteiger partial charge in [0, 0.05) is 0 Å². The number of furan rings is 1. The van der Waals surface area contributed by atoms with Crippen LogP contribution in [0.3, 0.4) is 0 Å². The van der Waals surface area contributed by atoms with Crippen LogP contribution in [0.1, 0.15) is 31.6 Å². The molecule has 0 aromatic carbocycles. The van der Waals surface area contributed by atoms with Gasteiger partial charge >= 0.3 is 5.97 Å². The second-order valence-corrected chi connectivity index (χ2v) is 5.68. The maximum atomic E-state index is 11.8. The number of thiophene rings is 1. The molecule has 5 nitrogen and oxygen atoms in total. The third kappa shape index (κ3) is 3.20. The maximum Gasteiger partial charge on any atom is 0.341 e. The lowest BCUT2D eigenvalue weighted by molar-refractivity contribution is 0.0598. The highest BCUT2D eigenvalue weighted by Crippen LogP contribution is 2.21. The summed E-state index contributed by atoms with van der Waals surface area (Å²) in [6.07, 6.45) is 0. The van der Waals surface area contributed by atoms with Gasteiger partial charge < -0.3 is 14.5 Å². The van der Waals surface area contributed by atoms with E-state index in [1.807, 2.05) is 0 Å². The van der Waals surface area contributed by atoms with Gasteiger partial charge in [-0.1, -0.05) is 11.6 Å². The molecule has 0 bridgehead atoms. The first-order chi connectivity index (χ1) is 9.51. The van der Waals surface area contributed by atoms with Gasteiger partial charge in [-0.25, -0.2) is 4.79 Å². The first-order valence-electron chi connectivity index (χ1n) is 5.72. The van der Waals surface area contributed by atoms with Crippen LogP contribution in [0.25, 0.3) is 0 Å². The summed E-state index contributed by atoms with van der Waals surface area (Å²) < 4.78 is 10.6. The topological polar surface area (TPSA) is 68.5 Å². The Morgan fingerprint density at radius 3 is 2.80 bits per heavy atom. The van der Waals surface area contributed by atoms with Crippen molar-refractivity contribution in [2.45, 2.75) is 13.5 Å². The number of carbonyl (C=O) groups excluding carboxylic acids is 2. The SMILES string of the molecule is COC(=O)c1cc(CNC(=O)c2ccc(Cl)s2)oc1C. The highest BCUT2D eigenvalue weighted by molar-refractivity contribution is 7.17. The third-order valence-electron chi connectivity index (χ3n) is 2.59. The van der Waals surface area contributed by atoms with Gasteiger partial charge in [0.15, 0.2) is 0 Å². The highest BCUT2D eigenvalue weighted by Gasteiger charge is 2.16. The first kappa shape index (κ1) is 14.6. The normalized spacial score (nSPS) is 10.3. The van der Waals surface area contributed by atoms with Crippen LogP contribution in [-0.2, 0) is 11.3 Å². The Bertz CT molecular complexity index is 647. The maximum absolute atomic E-state index is 11.8. The van der Waals surface area contributed by atoms with Crippen LogP contribution in [0.15, 0.2) is 22.6 Å².